The molecule has 4 nitrogen and oxygen atoms in total. The minimum absolute atomic E-state index is 0.0278. The summed E-state index contributed by atoms with van der Waals surface area (Å²) in [6.07, 6.45) is 0.933. The molecule has 0 heterocycles. The minimum Gasteiger partial charge on any atom is -0.482 e. The number of hydrogen-bond acceptors (Lipinski definition) is 3. The molecule has 0 aliphatic carbocycles. The number of aryl methyl sites for hydroxylation is 1. The normalized spacial score (nSPS) is 10.1. The van der Waals surface area contributed by atoms with E-state index in [1.54, 1.807) is 11.9 Å². The fraction of sp³-hybridized carbons (Fsp3) is 0.462. The number of nitrogens with zero attached hydrogens (tertiary/aromatic N) is 1. The summed E-state index contributed by atoms with van der Waals surface area (Å²) in [6.45, 7) is 4.68. The summed E-state index contributed by atoms with van der Waals surface area (Å²) < 4.78 is 5.40. The van der Waals surface area contributed by atoms with Gasteiger partial charge in [-0.15, -0.1) is 0 Å². The van der Waals surface area contributed by atoms with E-state index in [1.165, 1.54) is 0 Å². The number of benzene rings is 1. The monoisotopic (exact) mass is 236 g/mol. The van der Waals surface area contributed by atoms with Crippen LogP contribution in [0, 0.1) is 0 Å². The SMILES string of the molecule is CCc1ccc(OCC(=O)N(C)CC)c(N)c1. The summed E-state index contributed by atoms with van der Waals surface area (Å²) in [6, 6.07) is 5.65. The molecule has 0 spiro atoms. The molecular weight excluding hydrogens is 216 g/mol. The molecule has 0 saturated carbocycles. The molecule has 1 aromatic rings. The molecule has 0 radical (unpaired) electrons. The Labute approximate surface area is 102 Å². The van der Waals surface area contributed by atoms with Crippen LogP contribution < -0.4 is 10.5 Å². The van der Waals surface area contributed by atoms with Gasteiger partial charge in [-0.05, 0) is 31.0 Å². The van der Waals surface area contributed by atoms with Crippen LogP contribution in [-0.4, -0.2) is 31.0 Å². The zero-order chi connectivity index (χ0) is 12.8. The molecule has 2 N–H and O–H groups in total. The van der Waals surface area contributed by atoms with Crippen molar-refractivity contribution in [3.8, 4) is 5.75 Å². The summed E-state index contributed by atoms with van der Waals surface area (Å²) >= 11 is 0. The van der Waals surface area contributed by atoms with Crippen LogP contribution in [0.25, 0.3) is 0 Å². The lowest BCUT2D eigenvalue weighted by Gasteiger charge is -2.15. The highest BCUT2D eigenvalue weighted by Crippen LogP contribution is 2.22. The predicted octanol–water partition coefficient (Wildman–Crippen LogP) is 1.69. The first-order valence-electron chi connectivity index (χ1n) is 5.83. The number of likely N-dealkylation sites (N-methyl/N-ethyl adjacent to an activating group) is 1. The number of amides is 1. The van der Waals surface area contributed by atoms with Crippen molar-refractivity contribution in [3.05, 3.63) is 23.8 Å². The second-order valence-corrected chi connectivity index (χ2v) is 3.92. The third-order valence-electron chi connectivity index (χ3n) is 2.73. The summed E-state index contributed by atoms with van der Waals surface area (Å²) in [5.74, 6) is 0.520. The van der Waals surface area contributed by atoms with Crippen molar-refractivity contribution < 1.29 is 9.53 Å². The van der Waals surface area contributed by atoms with E-state index in [-0.39, 0.29) is 12.5 Å². The van der Waals surface area contributed by atoms with Crippen LogP contribution in [0.4, 0.5) is 5.69 Å². The first-order valence-corrected chi connectivity index (χ1v) is 5.83. The molecule has 94 valence electrons. The molecule has 4 heteroatoms. The third-order valence-corrected chi connectivity index (χ3v) is 2.73. The van der Waals surface area contributed by atoms with Gasteiger partial charge in [0.2, 0.25) is 0 Å². The van der Waals surface area contributed by atoms with Gasteiger partial charge in [0.05, 0.1) is 5.69 Å². The molecular formula is C13H20N2O2. The Morgan fingerprint density at radius 1 is 1.41 bits per heavy atom. The molecule has 17 heavy (non-hydrogen) atoms. The number of hydrogen-bond donors (Lipinski definition) is 1. The number of anilines is 1. The number of rotatable bonds is 5. The average Bonchev–Trinajstić information content (AvgIpc) is 2.35. The Balaban J connectivity index is 2.61. The highest BCUT2D eigenvalue weighted by Gasteiger charge is 2.08. The zero-order valence-electron chi connectivity index (χ0n) is 10.7. The number of ether oxygens (including phenoxy) is 1. The van der Waals surface area contributed by atoms with Crippen molar-refractivity contribution >= 4 is 11.6 Å². The Morgan fingerprint density at radius 3 is 2.65 bits per heavy atom. The Hall–Kier alpha value is -1.71. The molecule has 1 rings (SSSR count). The molecule has 0 bridgehead atoms. The van der Waals surface area contributed by atoms with Crippen LogP contribution in [-0.2, 0) is 11.2 Å². The van der Waals surface area contributed by atoms with Crippen LogP contribution >= 0.6 is 0 Å². The largest absolute Gasteiger partial charge is 0.482 e. The van der Waals surface area contributed by atoms with E-state index in [9.17, 15) is 4.79 Å². The van der Waals surface area contributed by atoms with Gasteiger partial charge in [-0.2, -0.15) is 0 Å². The van der Waals surface area contributed by atoms with Gasteiger partial charge < -0.3 is 15.4 Å². The number of nitrogen functional groups attached to an aromatic ring is 1. The van der Waals surface area contributed by atoms with Gasteiger partial charge in [-0.3, -0.25) is 4.79 Å². The smallest absolute Gasteiger partial charge is 0.260 e. The summed E-state index contributed by atoms with van der Waals surface area (Å²) in [4.78, 5) is 13.1. The molecule has 0 fully saturated rings. The van der Waals surface area contributed by atoms with E-state index in [4.69, 9.17) is 10.5 Å². The number of carbonyl (C=O) groups is 1. The lowest BCUT2D eigenvalue weighted by atomic mass is 10.1. The quantitative estimate of drug-likeness (QED) is 0.791. The maximum absolute atomic E-state index is 11.5. The van der Waals surface area contributed by atoms with Gasteiger partial charge >= 0.3 is 0 Å². The van der Waals surface area contributed by atoms with Crippen molar-refractivity contribution in [2.75, 3.05) is 25.9 Å². The lowest BCUT2D eigenvalue weighted by Crippen LogP contribution is -2.31. The number of nitrogens with two attached hydrogens (primary N) is 1. The van der Waals surface area contributed by atoms with Crippen molar-refractivity contribution in [2.24, 2.45) is 0 Å². The summed E-state index contributed by atoms with van der Waals surface area (Å²) in [7, 11) is 1.75. The molecule has 1 aromatic carbocycles. The van der Waals surface area contributed by atoms with E-state index in [1.807, 2.05) is 25.1 Å². The predicted molar refractivity (Wildman–Crippen MR) is 69.0 cm³/mol. The number of carbonyl (C=O) groups excluding carboxylic acids is 1. The van der Waals surface area contributed by atoms with E-state index in [2.05, 4.69) is 6.92 Å². The van der Waals surface area contributed by atoms with Crippen LogP contribution in [0.5, 0.6) is 5.75 Å². The third kappa shape index (κ3) is 3.66. The van der Waals surface area contributed by atoms with E-state index >= 15 is 0 Å². The van der Waals surface area contributed by atoms with Crippen LogP contribution in [0.2, 0.25) is 0 Å². The van der Waals surface area contributed by atoms with E-state index in [0.717, 1.165) is 12.0 Å². The van der Waals surface area contributed by atoms with E-state index in [0.29, 0.717) is 18.0 Å². The van der Waals surface area contributed by atoms with Gasteiger partial charge in [0.15, 0.2) is 6.61 Å². The standard InChI is InChI=1S/C13H20N2O2/c1-4-10-6-7-12(11(14)8-10)17-9-13(16)15(3)5-2/h6-8H,4-5,9,14H2,1-3H3. The Bertz CT molecular complexity index is 391. The van der Waals surface area contributed by atoms with Gasteiger partial charge in [-0.25, -0.2) is 0 Å². The van der Waals surface area contributed by atoms with Gasteiger partial charge in [0.25, 0.3) is 5.91 Å². The van der Waals surface area contributed by atoms with E-state index < -0.39 is 0 Å². The highest BCUT2D eigenvalue weighted by molar-refractivity contribution is 5.77. The van der Waals surface area contributed by atoms with Crippen LogP contribution in [0.15, 0.2) is 18.2 Å². The summed E-state index contributed by atoms with van der Waals surface area (Å²) in [5.41, 5.74) is 7.58. The molecule has 0 atom stereocenters. The fourth-order valence-electron chi connectivity index (χ4n) is 1.38. The van der Waals surface area contributed by atoms with Crippen molar-refractivity contribution in [1.29, 1.82) is 0 Å². The van der Waals surface area contributed by atoms with Crippen LogP contribution in [0.3, 0.4) is 0 Å². The van der Waals surface area contributed by atoms with Crippen molar-refractivity contribution in [1.82, 2.24) is 4.90 Å². The maximum atomic E-state index is 11.5. The van der Waals surface area contributed by atoms with Gasteiger partial charge in [0, 0.05) is 13.6 Å². The van der Waals surface area contributed by atoms with Crippen molar-refractivity contribution in [2.45, 2.75) is 20.3 Å². The molecule has 1 amide bonds. The maximum Gasteiger partial charge on any atom is 0.260 e. The lowest BCUT2D eigenvalue weighted by molar-refractivity contribution is -0.131. The first kappa shape index (κ1) is 13.4. The molecule has 0 aliphatic rings. The first-order chi connectivity index (χ1) is 8.08. The average molecular weight is 236 g/mol. The van der Waals surface area contributed by atoms with Crippen molar-refractivity contribution in [3.63, 3.8) is 0 Å². The zero-order valence-corrected chi connectivity index (χ0v) is 10.7. The van der Waals surface area contributed by atoms with Crippen LogP contribution in [0.1, 0.15) is 19.4 Å². The van der Waals surface area contributed by atoms with Gasteiger partial charge in [-0.1, -0.05) is 13.0 Å². The molecule has 0 aromatic heterocycles. The molecule has 0 aliphatic heterocycles. The second-order valence-electron chi connectivity index (χ2n) is 3.92. The topological polar surface area (TPSA) is 55.6 Å². The second kappa shape index (κ2) is 6.13. The minimum atomic E-state index is -0.0496. The Morgan fingerprint density at radius 2 is 2.12 bits per heavy atom. The highest BCUT2D eigenvalue weighted by atomic mass is 16.5. The summed E-state index contributed by atoms with van der Waals surface area (Å²) in [5, 5.41) is 0. The molecule has 0 saturated heterocycles. The van der Waals surface area contributed by atoms with Gasteiger partial charge in [0.1, 0.15) is 5.75 Å². The Kier molecular flexibility index (Phi) is 4.82. The fourth-order valence-corrected chi connectivity index (χ4v) is 1.38. The molecule has 0 unspecified atom stereocenters.